The molecule has 162 valence electrons. The van der Waals surface area contributed by atoms with Crippen LogP contribution in [-0.4, -0.2) is 43.5 Å². The number of fused-ring (bicyclic) bond motifs is 1. The molecule has 1 amide bonds. The van der Waals surface area contributed by atoms with Crippen LogP contribution in [0.4, 0.5) is 0 Å². The lowest BCUT2D eigenvalue weighted by Gasteiger charge is -2.30. The van der Waals surface area contributed by atoms with E-state index in [0.29, 0.717) is 17.4 Å². The lowest BCUT2D eigenvalue weighted by atomic mass is 9.99. The molecule has 1 aliphatic heterocycles. The number of aromatic nitrogens is 4. The molecule has 3 heterocycles. The molecular weight excluding hydrogens is 390 g/mol. The molecule has 1 saturated carbocycles. The van der Waals surface area contributed by atoms with Crippen molar-refractivity contribution in [3.8, 4) is 5.69 Å². The van der Waals surface area contributed by atoms with Crippen molar-refractivity contribution in [3.05, 3.63) is 51.6 Å². The van der Waals surface area contributed by atoms with Crippen LogP contribution in [0.5, 0.6) is 0 Å². The Morgan fingerprint density at radius 1 is 1.10 bits per heavy atom. The number of benzene rings is 1. The van der Waals surface area contributed by atoms with Crippen molar-refractivity contribution in [1.82, 2.24) is 24.5 Å². The summed E-state index contributed by atoms with van der Waals surface area (Å²) in [6, 6.07) is 6.07. The van der Waals surface area contributed by atoms with Crippen molar-refractivity contribution < 1.29 is 4.79 Å². The number of hydrogen-bond donors (Lipinski definition) is 0. The third-order valence-electron chi connectivity index (χ3n) is 6.83. The van der Waals surface area contributed by atoms with Gasteiger partial charge >= 0.3 is 0 Å². The first-order valence-corrected chi connectivity index (χ1v) is 11.3. The zero-order chi connectivity index (χ0) is 21.7. The summed E-state index contributed by atoms with van der Waals surface area (Å²) in [6.07, 6.45) is 5.91. The Hall–Kier alpha value is -2.96. The minimum Gasteiger partial charge on any atom is -0.341 e. The molecule has 0 bridgehead atoms. The Balaban J connectivity index is 1.57. The van der Waals surface area contributed by atoms with Gasteiger partial charge in [-0.25, -0.2) is 9.36 Å². The standard InChI is InChI=1S/C24H29N5O2/c1-15-8-10-27(11-9-15)21(30)14-28-24(31)23-20(22(26-28)18-5-6-18)13-25-29(23)19-7-4-16(2)17(3)12-19/h4,7,12-13,15,18H,5-6,8-11,14H2,1-3H3. The van der Waals surface area contributed by atoms with E-state index >= 15 is 0 Å². The maximum Gasteiger partial charge on any atom is 0.293 e. The molecule has 3 aromatic rings. The van der Waals surface area contributed by atoms with Crippen molar-refractivity contribution in [2.45, 2.75) is 58.9 Å². The summed E-state index contributed by atoms with van der Waals surface area (Å²) in [5, 5.41) is 10.0. The van der Waals surface area contributed by atoms with Gasteiger partial charge < -0.3 is 4.90 Å². The van der Waals surface area contributed by atoms with Crippen LogP contribution >= 0.6 is 0 Å². The van der Waals surface area contributed by atoms with Crippen LogP contribution in [0.1, 0.15) is 55.3 Å². The summed E-state index contributed by atoms with van der Waals surface area (Å²) in [4.78, 5) is 28.3. The van der Waals surface area contributed by atoms with Crippen molar-refractivity contribution in [3.63, 3.8) is 0 Å². The van der Waals surface area contributed by atoms with Gasteiger partial charge in [-0.05, 0) is 68.7 Å². The Morgan fingerprint density at radius 2 is 1.84 bits per heavy atom. The van der Waals surface area contributed by atoms with Gasteiger partial charge in [0.1, 0.15) is 12.1 Å². The number of carbonyl (C=O) groups excluding carboxylic acids is 1. The molecule has 1 saturated heterocycles. The third-order valence-corrected chi connectivity index (χ3v) is 6.83. The maximum absolute atomic E-state index is 13.5. The van der Waals surface area contributed by atoms with Gasteiger partial charge in [-0.3, -0.25) is 9.59 Å². The van der Waals surface area contributed by atoms with Gasteiger partial charge in [0, 0.05) is 24.4 Å². The fraction of sp³-hybridized carbons (Fsp3) is 0.500. The first kappa shape index (κ1) is 20.0. The van der Waals surface area contributed by atoms with Crippen molar-refractivity contribution in [1.29, 1.82) is 0 Å². The van der Waals surface area contributed by atoms with Crippen LogP contribution < -0.4 is 5.56 Å². The molecule has 5 rings (SSSR count). The first-order valence-electron chi connectivity index (χ1n) is 11.3. The van der Waals surface area contributed by atoms with E-state index in [1.165, 1.54) is 10.2 Å². The quantitative estimate of drug-likeness (QED) is 0.650. The van der Waals surface area contributed by atoms with E-state index in [1.54, 1.807) is 10.9 Å². The molecular formula is C24H29N5O2. The second-order valence-electron chi connectivity index (χ2n) is 9.27. The Bertz CT molecular complexity index is 1210. The van der Waals surface area contributed by atoms with Gasteiger partial charge in [-0.1, -0.05) is 13.0 Å². The molecule has 31 heavy (non-hydrogen) atoms. The fourth-order valence-electron chi connectivity index (χ4n) is 4.40. The lowest BCUT2D eigenvalue weighted by Crippen LogP contribution is -2.42. The number of nitrogens with zero attached hydrogens (tertiary/aromatic N) is 5. The van der Waals surface area contributed by atoms with Crippen molar-refractivity contribution in [2.24, 2.45) is 5.92 Å². The molecule has 2 fully saturated rings. The van der Waals surface area contributed by atoms with E-state index in [4.69, 9.17) is 0 Å². The summed E-state index contributed by atoms with van der Waals surface area (Å²) in [5.74, 6) is 0.965. The van der Waals surface area contributed by atoms with Gasteiger partial charge in [0.2, 0.25) is 5.91 Å². The molecule has 7 heteroatoms. The number of amides is 1. The molecule has 0 unspecified atom stereocenters. The van der Waals surface area contributed by atoms with Crippen LogP contribution in [0.25, 0.3) is 16.6 Å². The van der Waals surface area contributed by atoms with Gasteiger partial charge in [0.25, 0.3) is 5.56 Å². The zero-order valence-corrected chi connectivity index (χ0v) is 18.5. The zero-order valence-electron chi connectivity index (χ0n) is 18.5. The number of aryl methyl sites for hydroxylation is 2. The molecule has 2 aromatic heterocycles. The topological polar surface area (TPSA) is 73.0 Å². The Morgan fingerprint density at radius 3 is 2.52 bits per heavy atom. The van der Waals surface area contributed by atoms with E-state index < -0.39 is 0 Å². The highest BCUT2D eigenvalue weighted by molar-refractivity contribution is 5.83. The molecule has 1 aliphatic carbocycles. The number of rotatable bonds is 4. The van der Waals surface area contributed by atoms with E-state index in [1.807, 2.05) is 23.1 Å². The second-order valence-corrected chi connectivity index (χ2v) is 9.27. The summed E-state index contributed by atoms with van der Waals surface area (Å²) in [6.45, 7) is 7.84. The molecule has 0 N–H and O–H groups in total. The van der Waals surface area contributed by atoms with Crippen LogP contribution in [0, 0.1) is 19.8 Å². The van der Waals surface area contributed by atoms with Crippen LogP contribution in [-0.2, 0) is 11.3 Å². The average Bonchev–Trinajstić information content (AvgIpc) is 3.50. The SMILES string of the molecule is Cc1ccc(-n2ncc3c(C4CC4)nn(CC(=O)N4CCC(C)CC4)c(=O)c32)cc1C. The van der Waals surface area contributed by atoms with E-state index in [9.17, 15) is 9.59 Å². The molecule has 2 aliphatic rings. The van der Waals surface area contributed by atoms with Crippen LogP contribution in [0.15, 0.2) is 29.2 Å². The molecule has 1 aromatic carbocycles. The number of likely N-dealkylation sites (tertiary alicyclic amines) is 1. The minimum atomic E-state index is -0.256. The lowest BCUT2D eigenvalue weighted by molar-refractivity contribution is -0.133. The number of carbonyl (C=O) groups is 1. The largest absolute Gasteiger partial charge is 0.341 e. The fourth-order valence-corrected chi connectivity index (χ4v) is 4.40. The predicted molar refractivity (Wildman–Crippen MR) is 120 cm³/mol. The van der Waals surface area contributed by atoms with Gasteiger partial charge in [-0.2, -0.15) is 10.2 Å². The third kappa shape index (κ3) is 3.66. The minimum absolute atomic E-state index is 0.0129. The molecule has 7 nitrogen and oxygen atoms in total. The molecule has 0 spiro atoms. The van der Waals surface area contributed by atoms with E-state index in [0.717, 1.165) is 61.1 Å². The van der Waals surface area contributed by atoms with E-state index in [-0.39, 0.29) is 18.0 Å². The normalized spacial score (nSPS) is 17.5. The highest BCUT2D eigenvalue weighted by Crippen LogP contribution is 2.41. The summed E-state index contributed by atoms with van der Waals surface area (Å²) in [5.41, 5.74) is 4.34. The van der Waals surface area contributed by atoms with Crippen molar-refractivity contribution >= 4 is 16.8 Å². The summed E-state index contributed by atoms with van der Waals surface area (Å²) >= 11 is 0. The smallest absolute Gasteiger partial charge is 0.293 e. The van der Waals surface area contributed by atoms with Crippen LogP contribution in [0.2, 0.25) is 0 Å². The molecule has 0 radical (unpaired) electrons. The highest BCUT2D eigenvalue weighted by Gasteiger charge is 2.31. The van der Waals surface area contributed by atoms with Gasteiger partial charge in [-0.15, -0.1) is 0 Å². The number of hydrogen-bond acceptors (Lipinski definition) is 4. The molecule has 0 atom stereocenters. The second kappa shape index (κ2) is 7.62. The Kier molecular flexibility index (Phi) is 4.91. The van der Waals surface area contributed by atoms with E-state index in [2.05, 4.69) is 31.0 Å². The van der Waals surface area contributed by atoms with Crippen LogP contribution in [0.3, 0.4) is 0 Å². The summed E-state index contributed by atoms with van der Waals surface area (Å²) < 4.78 is 3.08. The monoisotopic (exact) mass is 419 g/mol. The predicted octanol–water partition coefficient (Wildman–Crippen LogP) is 3.33. The van der Waals surface area contributed by atoms with Gasteiger partial charge in [0.05, 0.1) is 17.6 Å². The number of piperidine rings is 1. The van der Waals surface area contributed by atoms with Crippen molar-refractivity contribution in [2.75, 3.05) is 13.1 Å². The summed E-state index contributed by atoms with van der Waals surface area (Å²) in [7, 11) is 0. The average molecular weight is 420 g/mol. The Labute approximate surface area is 181 Å². The highest BCUT2D eigenvalue weighted by atomic mass is 16.2. The first-order chi connectivity index (χ1) is 14.9. The van der Waals surface area contributed by atoms with Gasteiger partial charge in [0.15, 0.2) is 0 Å². The maximum atomic E-state index is 13.5.